The number of fused-ring (bicyclic) bond motifs is 1. The molecule has 9 heteroatoms. The van der Waals surface area contributed by atoms with Crippen LogP contribution in [0.15, 0.2) is 24.3 Å². The normalized spacial score (nSPS) is 12.0. The fraction of sp³-hybridized carbons (Fsp3) is 0.267. The van der Waals surface area contributed by atoms with Crippen LogP contribution < -0.4 is 5.73 Å². The molecule has 3 rings (SSSR count). The smallest absolute Gasteiger partial charge is 0.368 e. The van der Waals surface area contributed by atoms with Gasteiger partial charge in [0.2, 0.25) is 5.95 Å². The topological polar surface area (TPSA) is 69.1 Å². The van der Waals surface area contributed by atoms with Gasteiger partial charge in [0.25, 0.3) is 0 Å². The van der Waals surface area contributed by atoms with E-state index in [1.165, 1.54) is 16.6 Å². The Labute approximate surface area is 134 Å². The van der Waals surface area contributed by atoms with Crippen LogP contribution in [-0.2, 0) is 6.42 Å². The second-order valence-corrected chi connectivity index (χ2v) is 5.33. The van der Waals surface area contributed by atoms with Gasteiger partial charge in [-0.15, -0.1) is 5.10 Å². The first-order chi connectivity index (χ1) is 11.2. The van der Waals surface area contributed by atoms with Gasteiger partial charge < -0.3 is 5.73 Å². The van der Waals surface area contributed by atoms with Gasteiger partial charge >= 0.3 is 6.18 Å². The maximum absolute atomic E-state index is 13.1. The number of hydrogen-bond donors (Lipinski definition) is 1. The highest BCUT2D eigenvalue weighted by Gasteiger charge is 2.27. The summed E-state index contributed by atoms with van der Waals surface area (Å²) in [7, 11) is 0. The molecule has 0 bridgehead atoms. The van der Waals surface area contributed by atoms with E-state index in [1.54, 1.807) is 19.1 Å². The van der Waals surface area contributed by atoms with Gasteiger partial charge in [-0.2, -0.15) is 17.7 Å². The minimum absolute atomic E-state index is 0.000633. The molecule has 0 saturated heterocycles. The SMILES string of the molecule is Cc1c(-c2ccc(F)cc2)nc(N)n2nc(CCC(F)(F)F)nc12. The Hall–Kier alpha value is -2.71. The number of benzene rings is 1. The van der Waals surface area contributed by atoms with Gasteiger partial charge in [0.1, 0.15) is 5.82 Å². The zero-order valence-electron chi connectivity index (χ0n) is 12.6. The monoisotopic (exact) mass is 339 g/mol. The highest BCUT2D eigenvalue weighted by atomic mass is 19.4. The number of hydrogen-bond acceptors (Lipinski definition) is 4. The average molecular weight is 339 g/mol. The highest BCUT2D eigenvalue weighted by Crippen LogP contribution is 2.26. The first-order valence-electron chi connectivity index (χ1n) is 7.09. The van der Waals surface area contributed by atoms with Crippen LogP contribution in [0.25, 0.3) is 16.9 Å². The summed E-state index contributed by atoms with van der Waals surface area (Å²) in [6, 6.07) is 5.66. The van der Waals surface area contributed by atoms with Gasteiger partial charge in [-0.05, 0) is 31.2 Å². The van der Waals surface area contributed by atoms with Crippen molar-refractivity contribution in [2.45, 2.75) is 25.9 Å². The molecule has 2 aromatic heterocycles. The third kappa shape index (κ3) is 3.15. The molecule has 0 aliphatic carbocycles. The summed E-state index contributed by atoms with van der Waals surface area (Å²) in [4.78, 5) is 8.35. The van der Waals surface area contributed by atoms with Crippen LogP contribution in [0.5, 0.6) is 0 Å². The third-order valence-electron chi connectivity index (χ3n) is 3.53. The number of rotatable bonds is 3. The van der Waals surface area contributed by atoms with E-state index in [0.717, 1.165) is 0 Å². The summed E-state index contributed by atoms with van der Waals surface area (Å²) in [6.07, 6.45) is -5.63. The third-order valence-corrected chi connectivity index (χ3v) is 3.53. The molecule has 5 nitrogen and oxygen atoms in total. The molecule has 0 spiro atoms. The van der Waals surface area contributed by atoms with E-state index in [0.29, 0.717) is 22.5 Å². The lowest BCUT2D eigenvalue weighted by atomic mass is 10.1. The van der Waals surface area contributed by atoms with E-state index in [2.05, 4.69) is 15.1 Å². The molecule has 1 aromatic carbocycles. The number of nitrogen functional groups attached to an aromatic ring is 1. The Kier molecular flexibility index (Phi) is 3.86. The number of alkyl halides is 3. The van der Waals surface area contributed by atoms with Crippen LogP contribution in [0.3, 0.4) is 0 Å². The van der Waals surface area contributed by atoms with Crippen molar-refractivity contribution in [2.75, 3.05) is 5.73 Å². The van der Waals surface area contributed by atoms with Crippen LogP contribution >= 0.6 is 0 Å². The summed E-state index contributed by atoms with van der Waals surface area (Å²) in [5, 5.41) is 3.98. The summed E-state index contributed by atoms with van der Waals surface area (Å²) in [6.45, 7) is 1.71. The molecular weight excluding hydrogens is 326 g/mol. The first-order valence-corrected chi connectivity index (χ1v) is 7.09. The largest absolute Gasteiger partial charge is 0.389 e. The van der Waals surface area contributed by atoms with E-state index in [1.807, 2.05) is 0 Å². The van der Waals surface area contributed by atoms with Gasteiger partial charge in [-0.3, -0.25) is 0 Å². The molecule has 3 aromatic rings. The van der Waals surface area contributed by atoms with Gasteiger partial charge in [0.05, 0.1) is 12.1 Å². The minimum Gasteiger partial charge on any atom is -0.368 e. The van der Waals surface area contributed by atoms with E-state index in [9.17, 15) is 17.6 Å². The minimum atomic E-state index is -4.28. The Morgan fingerprint density at radius 3 is 2.42 bits per heavy atom. The highest BCUT2D eigenvalue weighted by molar-refractivity contribution is 5.71. The fourth-order valence-electron chi connectivity index (χ4n) is 2.36. The van der Waals surface area contributed by atoms with E-state index < -0.39 is 12.6 Å². The van der Waals surface area contributed by atoms with Crippen molar-refractivity contribution in [3.63, 3.8) is 0 Å². The Balaban J connectivity index is 2.05. The van der Waals surface area contributed by atoms with Gasteiger partial charge in [0.15, 0.2) is 11.5 Å². The molecule has 126 valence electrons. The molecule has 0 fully saturated rings. The molecule has 0 saturated carbocycles. The number of aryl methyl sites for hydroxylation is 2. The molecule has 2 heterocycles. The molecule has 0 aliphatic heterocycles. The lowest BCUT2D eigenvalue weighted by molar-refractivity contribution is -0.134. The number of nitrogens with zero attached hydrogens (tertiary/aromatic N) is 4. The molecule has 0 amide bonds. The van der Waals surface area contributed by atoms with Crippen LogP contribution in [0.1, 0.15) is 17.8 Å². The van der Waals surface area contributed by atoms with Crippen LogP contribution in [-0.4, -0.2) is 25.8 Å². The second-order valence-electron chi connectivity index (χ2n) is 5.33. The first kappa shape index (κ1) is 16.2. The Morgan fingerprint density at radius 2 is 1.79 bits per heavy atom. The molecule has 2 N–H and O–H groups in total. The van der Waals surface area contributed by atoms with Gasteiger partial charge in [-0.1, -0.05) is 0 Å². The maximum atomic E-state index is 13.1. The van der Waals surface area contributed by atoms with Crippen molar-refractivity contribution in [1.82, 2.24) is 19.6 Å². The van der Waals surface area contributed by atoms with Crippen molar-refractivity contribution in [2.24, 2.45) is 0 Å². The van der Waals surface area contributed by atoms with E-state index in [4.69, 9.17) is 5.73 Å². The maximum Gasteiger partial charge on any atom is 0.389 e. The van der Waals surface area contributed by atoms with E-state index >= 15 is 0 Å². The van der Waals surface area contributed by atoms with Crippen molar-refractivity contribution in [3.8, 4) is 11.3 Å². The Bertz CT molecular complexity index is 884. The average Bonchev–Trinajstić information content (AvgIpc) is 2.94. The lowest BCUT2D eigenvalue weighted by Crippen LogP contribution is -2.09. The summed E-state index contributed by atoms with van der Waals surface area (Å²) < 4.78 is 51.3. The zero-order valence-corrected chi connectivity index (χ0v) is 12.6. The predicted octanol–water partition coefficient (Wildman–Crippen LogP) is 3.32. The molecule has 0 aliphatic rings. The molecule has 24 heavy (non-hydrogen) atoms. The van der Waals surface area contributed by atoms with Crippen LogP contribution in [0.2, 0.25) is 0 Å². The van der Waals surface area contributed by atoms with Crippen LogP contribution in [0.4, 0.5) is 23.5 Å². The molecule has 0 radical (unpaired) electrons. The lowest BCUT2D eigenvalue weighted by Gasteiger charge is -2.07. The Morgan fingerprint density at radius 1 is 1.12 bits per heavy atom. The number of nitrogens with two attached hydrogens (primary N) is 1. The molecular formula is C15H13F4N5. The van der Waals surface area contributed by atoms with Crippen LogP contribution in [0, 0.1) is 12.7 Å². The van der Waals surface area contributed by atoms with Gasteiger partial charge in [-0.25, -0.2) is 14.4 Å². The standard InChI is InChI=1S/C15H13F4N5/c1-8-12(9-2-4-10(16)5-3-9)22-14(20)24-13(8)21-11(23-24)6-7-15(17,18)19/h2-5H,6-7H2,1H3,(H2,20,22). The fourth-order valence-corrected chi connectivity index (χ4v) is 2.36. The van der Waals surface area contributed by atoms with E-state index in [-0.39, 0.29) is 24.0 Å². The second kappa shape index (κ2) is 5.73. The summed E-state index contributed by atoms with van der Waals surface area (Å²) in [5.74, 6) is -0.344. The number of anilines is 1. The van der Waals surface area contributed by atoms with Crippen molar-refractivity contribution in [3.05, 3.63) is 41.5 Å². The summed E-state index contributed by atoms with van der Waals surface area (Å²) >= 11 is 0. The zero-order chi connectivity index (χ0) is 17.5. The predicted molar refractivity (Wildman–Crippen MR) is 79.7 cm³/mol. The van der Waals surface area contributed by atoms with Crippen molar-refractivity contribution >= 4 is 11.6 Å². The summed E-state index contributed by atoms with van der Waals surface area (Å²) in [5.41, 5.74) is 7.88. The van der Waals surface area contributed by atoms with Crippen molar-refractivity contribution < 1.29 is 17.6 Å². The molecule has 0 atom stereocenters. The number of halogens is 4. The quantitative estimate of drug-likeness (QED) is 0.743. The molecule has 0 unspecified atom stereocenters. The number of aromatic nitrogens is 4. The van der Waals surface area contributed by atoms with Gasteiger partial charge in [0, 0.05) is 17.5 Å². The van der Waals surface area contributed by atoms with Crippen molar-refractivity contribution in [1.29, 1.82) is 0 Å².